The fourth-order valence-electron chi connectivity index (χ4n) is 2.51. The first-order chi connectivity index (χ1) is 12.1. The molecule has 2 aromatic carbocycles. The van der Waals surface area contributed by atoms with Crippen molar-refractivity contribution in [2.45, 2.75) is 13.8 Å². The van der Waals surface area contributed by atoms with Crippen molar-refractivity contribution in [2.75, 3.05) is 11.9 Å². The van der Waals surface area contributed by atoms with Crippen LogP contribution >= 0.6 is 0 Å². The van der Waals surface area contributed by atoms with Crippen LogP contribution in [0.2, 0.25) is 0 Å². The number of hydrogen-bond acceptors (Lipinski definition) is 3. The molecule has 1 amide bonds. The molecule has 0 spiro atoms. The molecule has 6 heteroatoms. The van der Waals surface area contributed by atoms with Gasteiger partial charge in [-0.05, 0) is 55.8 Å². The van der Waals surface area contributed by atoms with E-state index in [1.54, 1.807) is 47.3 Å². The van der Waals surface area contributed by atoms with Crippen LogP contribution in [0.1, 0.15) is 22.8 Å². The van der Waals surface area contributed by atoms with Gasteiger partial charge in [-0.15, -0.1) is 0 Å². The van der Waals surface area contributed by atoms with Crippen LogP contribution in [0.15, 0.2) is 55.1 Å². The topological polar surface area (TPSA) is 56.1 Å². The summed E-state index contributed by atoms with van der Waals surface area (Å²) >= 11 is 0. The fourth-order valence-corrected chi connectivity index (χ4v) is 2.51. The molecular weight excluding hydrogens is 321 g/mol. The van der Waals surface area contributed by atoms with Gasteiger partial charge < -0.3 is 14.6 Å². The number of amides is 1. The summed E-state index contributed by atoms with van der Waals surface area (Å²) in [6.45, 7) is 4.35. The van der Waals surface area contributed by atoms with Gasteiger partial charge in [0.1, 0.15) is 11.6 Å². The fraction of sp³-hybridized carbons (Fsp3) is 0.158. The molecule has 128 valence electrons. The quantitative estimate of drug-likeness (QED) is 0.765. The Bertz CT molecular complexity index is 892. The maximum atomic E-state index is 14.3. The number of imidazole rings is 1. The molecule has 0 aliphatic carbocycles. The average molecular weight is 339 g/mol. The minimum atomic E-state index is -0.446. The van der Waals surface area contributed by atoms with Gasteiger partial charge in [0, 0.05) is 23.6 Å². The van der Waals surface area contributed by atoms with Crippen LogP contribution in [-0.4, -0.2) is 22.1 Å². The Hall–Kier alpha value is -3.15. The summed E-state index contributed by atoms with van der Waals surface area (Å²) in [5.41, 5.74) is 2.11. The van der Waals surface area contributed by atoms with Gasteiger partial charge in [0.25, 0.3) is 5.91 Å². The highest BCUT2D eigenvalue weighted by molar-refractivity contribution is 6.04. The number of aryl methyl sites for hydroxylation is 1. The first-order valence-electron chi connectivity index (χ1n) is 7.91. The molecule has 0 bridgehead atoms. The standard InChI is InChI=1S/C19H18FN3O2/c1-3-25-18-7-4-14(10-13(18)2)19(24)22-15-5-6-17(16(20)11-15)23-9-8-21-12-23/h4-12H,3H2,1-2H3,(H,22,24). The number of ether oxygens (including phenoxy) is 1. The van der Waals surface area contributed by atoms with E-state index in [0.29, 0.717) is 23.5 Å². The molecule has 0 radical (unpaired) electrons. The maximum absolute atomic E-state index is 14.3. The van der Waals surface area contributed by atoms with Crippen LogP contribution in [-0.2, 0) is 0 Å². The zero-order chi connectivity index (χ0) is 17.8. The first-order valence-corrected chi connectivity index (χ1v) is 7.91. The van der Waals surface area contributed by atoms with E-state index in [2.05, 4.69) is 10.3 Å². The van der Waals surface area contributed by atoms with E-state index in [1.807, 2.05) is 13.8 Å². The third kappa shape index (κ3) is 3.68. The highest BCUT2D eigenvalue weighted by Crippen LogP contribution is 2.21. The number of carbonyl (C=O) groups is 1. The van der Waals surface area contributed by atoms with Gasteiger partial charge in [0.2, 0.25) is 0 Å². The summed E-state index contributed by atoms with van der Waals surface area (Å²) in [4.78, 5) is 16.3. The van der Waals surface area contributed by atoms with Crippen molar-refractivity contribution in [3.8, 4) is 11.4 Å². The average Bonchev–Trinajstić information content (AvgIpc) is 3.11. The number of hydrogen-bond donors (Lipinski definition) is 1. The Morgan fingerprint density at radius 1 is 1.28 bits per heavy atom. The van der Waals surface area contributed by atoms with Gasteiger partial charge in [-0.1, -0.05) is 0 Å². The number of anilines is 1. The number of nitrogens with one attached hydrogen (secondary N) is 1. The molecule has 5 nitrogen and oxygen atoms in total. The van der Waals surface area contributed by atoms with Crippen molar-refractivity contribution in [1.82, 2.24) is 9.55 Å². The summed E-state index contributed by atoms with van der Waals surface area (Å²) < 4.78 is 21.3. The number of carbonyl (C=O) groups excluding carboxylic acids is 1. The zero-order valence-corrected chi connectivity index (χ0v) is 14.0. The number of nitrogens with zero attached hydrogens (tertiary/aromatic N) is 2. The predicted octanol–water partition coefficient (Wildman–Crippen LogP) is 3.97. The van der Waals surface area contributed by atoms with Gasteiger partial charge in [0.05, 0.1) is 18.6 Å². The van der Waals surface area contributed by atoms with Crippen molar-refractivity contribution in [3.05, 3.63) is 72.1 Å². The minimum absolute atomic E-state index is 0.305. The monoisotopic (exact) mass is 339 g/mol. The lowest BCUT2D eigenvalue weighted by molar-refractivity contribution is 0.102. The highest BCUT2D eigenvalue weighted by Gasteiger charge is 2.11. The lowest BCUT2D eigenvalue weighted by Gasteiger charge is -2.11. The van der Waals surface area contributed by atoms with Crippen LogP contribution in [0.5, 0.6) is 5.75 Å². The molecule has 0 unspecified atom stereocenters. The summed E-state index contributed by atoms with van der Waals surface area (Å²) in [7, 11) is 0. The van der Waals surface area contributed by atoms with E-state index in [1.165, 1.54) is 12.4 Å². The molecule has 0 fully saturated rings. The molecule has 0 aliphatic rings. The van der Waals surface area contributed by atoms with Crippen LogP contribution in [0, 0.1) is 12.7 Å². The molecule has 3 aromatic rings. The number of aromatic nitrogens is 2. The Labute approximate surface area is 145 Å². The molecule has 1 heterocycles. The SMILES string of the molecule is CCOc1ccc(C(=O)Nc2ccc(-n3ccnc3)c(F)c2)cc1C. The Kier molecular flexibility index (Phi) is 4.79. The molecule has 0 atom stereocenters. The summed E-state index contributed by atoms with van der Waals surface area (Å²) in [6.07, 6.45) is 4.74. The first kappa shape index (κ1) is 16.7. The van der Waals surface area contributed by atoms with Crippen molar-refractivity contribution >= 4 is 11.6 Å². The van der Waals surface area contributed by atoms with Crippen molar-refractivity contribution in [1.29, 1.82) is 0 Å². The zero-order valence-electron chi connectivity index (χ0n) is 14.0. The van der Waals surface area contributed by atoms with Gasteiger partial charge in [-0.25, -0.2) is 9.37 Å². The van der Waals surface area contributed by atoms with Crippen molar-refractivity contribution in [2.24, 2.45) is 0 Å². The Morgan fingerprint density at radius 3 is 2.76 bits per heavy atom. The summed E-state index contributed by atoms with van der Waals surface area (Å²) in [6, 6.07) is 9.72. The van der Waals surface area contributed by atoms with Crippen LogP contribution in [0.25, 0.3) is 5.69 Å². The van der Waals surface area contributed by atoms with Crippen molar-refractivity contribution < 1.29 is 13.9 Å². The molecular formula is C19H18FN3O2. The van der Waals surface area contributed by atoms with Gasteiger partial charge in [-0.2, -0.15) is 0 Å². The number of halogens is 1. The largest absolute Gasteiger partial charge is 0.494 e. The molecule has 0 aliphatic heterocycles. The second kappa shape index (κ2) is 7.17. The van der Waals surface area contributed by atoms with E-state index < -0.39 is 5.82 Å². The van der Waals surface area contributed by atoms with Crippen LogP contribution < -0.4 is 10.1 Å². The summed E-state index contributed by atoms with van der Waals surface area (Å²) in [5, 5.41) is 2.71. The third-order valence-corrected chi connectivity index (χ3v) is 3.73. The predicted molar refractivity (Wildman–Crippen MR) is 93.8 cm³/mol. The van der Waals surface area contributed by atoms with Crippen LogP contribution in [0.4, 0.5) is 10.1 Å². The normalized spacial score (nSPS) is 10.5. The molecule has 0 saturated heterocycles. The Morgan fingerprint density at radius 2 is 2.12 bits per heavy atom. The van der Waals surface area contributed by atoms with E-state index >= 15 is 0 Å². The number of benzene rings is 2. The Balaban J connectivity index is 1.77. The van der Waals surface area contributed by atoms with Gasteiger partial charge in [0.15, 0.2) is 0 Å². The van der Waals surface area contributed by atoms with Crippen LogP contribution in [0.3, 0.4) is 0 Å². The third-order valence-electron chi connectivity index (χ3n) is 3.73. The van der Waals surface area contributed by atoms with E-state index in [9.17, 15) is 9.18 Å². The van der Waals surface area contributed by atoms with Crippen molar-refractivity contribution in [3.63, 3.8) is 0 Å². The smallest absolute Gasteiger partial charge is 0.255 e. The summed E-state index contributed by atoms with van der Waals surface area (Å²) in [5.74, 6) is -0.00520. The van der Waals surface area contributed by atoms with E-state index in [4.69, 9.17) is 4.74 Å². The van der Waals surface area contributed by atoms with E-state index in [0.717, 1.165) is 11.3 Å². The second-order valence-corrected chi connectivity index (χ2v) is 5.50. The lowest BCUT2D eigenvalue weighted by atomic mass is 10.1. The lowest BCUT2D eigenvalue weighted by Crippen LogP contribution is -2.12. The number of rotatable bonds is 5. The van der Waals surface area contributed by atoms with Gasteiger partial charge in [-0.3, -0.25) is 4.79 Å². The molecule has 25 heavy (non-hydrogen) atoms. The minimum Gasteiger partial charge on any atom is -0.494 e. The highest BCUT2D eigenvalue weighted by atomic mass is 19.1. The second-order valence-electron chi connectivity index (χ2n) is 5.50. The molecule has 1 aromatic heterocycles. The molecule has 3 rings (SSSR count). The van der Waals surface area contributed by atoms with Gasteiger partial charge >= 0.3 is 0 Å². The maximum Gasteiger partial charge on any atom is 0.255 e. The molecule has 0 saturated carbocycles. The van der Waals surface area contributed by atoms with E-state index in [-0.39, 0.29) is 5.91 Å². The molecule has 1 N–H and O–H groups in total.